The van der Waals surface area contributed by atoms with Crippen molar-refractivity contribution in [1.82, 2.24) is 0 Å². The number of rotatable bonds is 3. The van der Waals surface area contributed by atoms with Crippen LogP contribution in [0, 0.1) is 11.6 Å². The molecule has 0 aliphatic rings. The van der Waals surface area contributed by atoms with Gasteiger partial charge in [-0.25, -0.2) is 8.78 Å². The molecule has 0 aliphatic carbocycles. The van der Waals surface area contributed by atoms with Crippen LogP contribution in [0.2, 0.25) is 0 Å². The van der Waals surface area contributed by atoms with E-state index in [0.717, 1.165) is 20.8 Å². The van der Waals surface area contributed by atoms with Gasteiger partial charge in [0.1, 0.15) is 11.6 Å². The van der Waals surface area contributed by atoms with Gasteiger partial charge in [0.2, 0.25) is 0 Å². The molecule has 0 saturated heterocycles. The van der Waals surface area contributed by atoms with Crippen LogP contribution in [0.4, 0.5) is 8.78 Å². The number of halogens is 3. The number of hydrogen-bond acceptors (Lipinski definition) is 2. The van der Waals surface area contributed by atoms with Crippen LogP contribution in [0.3, 0.4) is 0 Å². The van der Waals surface area contributed by atoms with E-state index in [1.165, 1.54) is 17.4 Å². The van der Waals surface area contributed by atoms with Crippen molar-refractivity contribution < 1.29 is 13.9 Å². The maximum Gasteiger partial charge on any atom is 0.131 e. The fraction of sp³-hybridized carbons (Fsp3) is 0.167. The molecule has 1 unspecified atom stereocenters. The van der Waals surface area contributed by atoms with E-state index in [0.29, 0.717) is 0 Å². The highest BCUT2D eigenvalue weighted by molar-refractivity contribution is 9.11. The Morgan fingerprint density at radius 1 is 1.18 bits per heavy atom. The maximum atomic E-state index is 13.4. The minimum absolute atomic E-state index is 0.202. The van der Waals surface area contributed by atoms with Gasteiger partial charge in [0.15, 0.2) is 0 Å². The van der Waals surface area contributed by atoms with Crippen molar-refractivity contribution in [3.63, 3.8) is 0 Å². The van der Waals surface area contributed by atoms with E-state index >= 15 is 0 Å². The average molecular weight is 319 g/mol. The first-order valence-corrected chi connectivity index (χ1v) is 6.55. The number of thiophene rings is 1. The molecule has 0 saturated carbocycles. The van der Waals surface area contributed by atoms with Gasteiger partial charge in [0, 0.05) is 11.3 Å². The minimum Gasteiger partial charge on any atom is -0.388 e. The van der Waals surface area contributed by atoms with E-state index in [-0.39, 0.29) is 12.0 Å². The summed E-state index contributed by atoms with van der Waals surface area (Å²) in [5, 5.41) is 9.86. The molecule has 0 radical (unpaired) electrons. The number of aliphatic hydroxyl groups excluding tert-OH is 1. The standard InChI is InChI=1S/C12H9BrF2OS/c13-11-5-4-7(17-11)6-10(16)12-8(14)2-1-3-9(12)15/h1-5,10,16H,6H2. The van der Waals surface area contributed by atoms with Crippen LogP contribution in [0.1, 0.15) is 16.5 Å². The van der Waals surface area contributed by atoms with Gasteiger partial charge in [0.05, 0.1) is 15.5 Å². The largest absolute Gasteiger partial charge is 0.388 e. The molecule has 1 N–H and O–H groups in total. The third-order valence-corrected chi connectivity index (χ3v) is 4.00. The van der Waals surface area contributed by atoms with E-state index in [2.05, 4.69) is 15.9 Å². The second kappa shape index (κ2) is 5.25. The first-order chi connectivity index (χ1) is 8.08. The molecular weight excluding hydrogens is 310 g/mol. The monoisotopic (exact) mass is 318 g/mol. The van der Waals surface area contributed by atoms with E-state index < -0.39 is 17.7 Å². The second-order valence-electron chi connectivity index (χ2n) is 3.56. The smallest absolute Gasteiger partial charge is 0.131 e. The van der Waals surface area contributed by atoms with Gasteiger partial charge in [-0.3, -0.25) is 0 Å². The van der Waals surface area contributed by atoms with Gasteiger partial charge < -0.3 is 5.11 Å². The lowest BCUT2D eigenvalue weighted by Gasteiger charge is -2.11. The van der Waals surface area contributed by atoms with Crippen LogP contribution < -0.4 is 0 Å². The molecule has 1 aromatic carbocycles. The Labute approximate surface area is 110 Å². The summed E-state index contributed by atoms with van der Waals surface area (Å²) in [7, 11) is 0. The third-order valence-electron chi connectivity index (χ3n) is 2.36. The lowest BCUT2D eigenvalue weighted by atomic mass is 10.0. The molecule has 2 aromatic rings. The van der Waals surface area contributed by atoms with E-state index in [9.17, 15) is 13.9 Å². The number of hydrogen-bond donors (Lipinski definition) is 1. The fourth-order valence-corrected chi connectivity index (χ4v) is 3.10. The normalized spacial score (nSPS) is 12.7. The van der Waals surface area contributed by atoms with E-state index in [1.807, 2.05) is 12.1 Å². The van der Waals surface area contributed by atoms with E-state index in [1.54, 1.807) is 0 Å². The molecule has 0 bridgehead atoms. The topological polar surface area (TPSA) is 20.2 Å². The molecule has 0 aliphatic heterocycles. The van der Waals surface area contributed by atoms with Crippen molar-refractivity contribution in [3.05, 3.63) is 56.2 Å². The molecule has 90 valence electrons. The van der Waals surface area contributed by atoms with Crippen molar-refractivity contribution in [2.45, 2.75) is 12.5 Å². The van der Waals surface area contributed by atoms with Gasteiger partial charge in [-0.1, -0.05) is 6.07 Å². The summed E-state index contributed by atoms with van der Waals surface area (Å²) in [6.07, 6.45) is -0.963. The summed E-state index contributed by atoms with van der Waals surface area (Å²) < 4.78 is 27.7. The molecule has 0 spiro atoms. The maximum absolute atomic E-state index is 13.4. The second-order valence-corrected chi connectivity index (χ2v) is 6.11. The Kier molecular flexibility index (Phi) is 3.91. The van der Waals surface area contributed by atoms with Crippen LogP contribution in [0.5, 0.6) is 0 Å². The van der Waals surface area contributed by atoms with Crippen LogP contribution >= 0.6 is 27.3 Å². The Balaban J connectivity index is 2.22. The zero-order valence-corrected chi connectivity index (χ0v) is 11.1. The van der Waals surface area contributed by atoms with E-state index in [4.69, 9.17) is 0 Å². The summed E-state index contributed by atoms with van der Waals surface area (Å²) in [4.78, 5) is 0.868. The lowest BCUT2D eigenvalue weighted by molar-refractivity contribution is 0.169. The quantitative estimate of drug-likeness (QED) is 0.904. The Morgan fingerprint density at radius 2 is 1.82 bits per heavy atom. The highest BCUT2D eigenvalue weighted by Gasteiger charge is 2.18. The fourth-order valence-electron chi connectivity index (χ4n) is 1.58. The Hall–Kier alpha value is -0.780. The summed E-state index contributed by atoms with van der Waals surface area (Å²) in [5.41, 5.74) is -0.267. The van der Waals surface area contributed by atoms with Crippen LogP contribution in [0.25, 0.3) is 0 Å². The predicted octanol–water partition coefficient (Wildman–Crippen LogP) is 4.06. The Morgan fingerprint density at radius 3 is 2.35 bits per heavy atom. The molecule has 0 fully saturated rings. The average Bonchev–Trinajstić information content (AvgIpc) is 2.63. The van der Waals surface area contributed by atoms with Crippen molar-refractivity contribution in [2.24, 2.45) is 0 Å². The molecular formula is C12H9BrF2OS. The van der Waals surface area contributed by atoms with Gasteiger partial charge in [-0.15, -0.1) is 11.3 Å². The molecule has 0 amide bonds. The summed E-state index contributed by atoms with van der Waals surface area (Å²) in [5.74, 6) is -1.43. The van der Waals surface area contributed by atoms with Crippen molar-refractivity contribution in [3.8, 4) is 0 Å². The molecule has 1 atom stereocenters. The van der Waals surface area contributed by atoms with Crippen LogP contribution in [-0.2, 0) is 6.42 Å². The van der Waals surface area contributed by atoms with Gasteiger partial charge in [0.25, 0.3) is 0 Å². The molecule has 17 heavy (non-hydrogen) atoms. The first-order valence-electron chi connectivity index (χ1n) is 4.94. The summed E-state index contributed by atoms with van der Waals surface area (Å²) in [6.45, 7) is 0. The van der Waals surface area contributed by atoms with Crippen molar-refractivity contribution in [1.29, 1.82) is 0 Å². The third kappa shape index (κ3) is 2.91. The molecule has 1 nitrogen and oxygen atoms in total. The van der Waals surface area contributed by atoms with Crippen LogP contribution in [-0.4, -0.2) is 5.11 Å². The summed E-state index contributed by atoms with van der Waals surface area (Å²) in [6, 6.07) is 7.22. The van der Waals surface area contributed by atoms with Gasteiger partial charge in [-0.05, 0) is 40.2 Å². The highest BCUT2D eigenvalue weighted by Crippen LogP contribution is 2.28. The van der Waals surface area contributed by atoms with Crippen molar-refractivity contribution in [2.75, 3.05) is 0 Å². The van der Waals surface area contributed by atoms with Gasteiger partial charge >= 0.3 is 0 Å². The molecule has 1 heterocycles. The SMILES string of the molecule is OC(Cc1ccc(Br)s1)c1c(F)cccc1F. The summed E-state index contributed by atoms with van der Waals surface area (Å²) >= 11 is 4.73. The zero-order chi connectivity index (χ0) is 12.4. The van der Waals surface area contributed by atoms with Gasteiger partial charge in [-0.2, -0.15) is 0 Å². The number of benzene rings is 1. The minimum atomic E-state index is -1.17. The Bertz CT molecular complexity index is 507. The first kappa shape index (κ1) is 12.7. The molecule has 5 heteroatoms. The van der Waals surface area contributed by atoms with Crippen LogP contribution in [0.15, 0.2) is 34.1 Å². The predicted molar refractivity (Wildman–Crippen MR) is 67.0 cm³/mol. The lowest BCUT2D eigenvalue weighted by Crippen LogP contribution is -2.06. The van der Waals surface area contributed by atoms with Crippen molar-refractivity contribution >= 4 is 27.3 Å². The highest BCUT2D eigenvalue weighted by atomic mass is 79.9. The molecule has 1 aromatic heterocycles. The molecule has 2 rings (SSSR count). The zero-order valence-electron chi connectivity index (χ0n) is 8.66. The number of aliphatic hydroxyl groups is 1.